The summed E-state index contributed by atoms with van der Waals surface area (Å²) in [6, 6.07) is 6.87. The molecule has 0 amide bonds. The summed E-state index contributed by atoms with van der Waals surface area (Å²) in [4.78, 5) is 4.37. The van der Waals surface area contributed by atoms with E-state index < -0.39 is 0 Å². The van der Waals surface area contributed by atoms with Crippen molar-refractivity contribution in [3.8, 4) is 0 Å². The van der Waals surface area contributed by atoms with Gasteiger partial charge in [-0.05, 0) is 38.3 Å². The number of rotatable bonds is 2. The summed E-state index contributed by atoms with van der Waals surface area (Å²) in [5, 5.41) is 4.69. The number of nitrogen functional groups attached to an aromatic ring is 1. The van der Waals surface area contributed by atoms with Crippen LogP contribution in [-0.4, -0.2) is 11.0 Å². The van der Waals surface area contributed by atoms with E-state index in [9.17, 15) is 0 Å². The van der Waals surface area contributed by atoms with Crippen LogP contribution in [0, 0.1) is 6.92 Å². The number of nitrogens with zero attached hydrogens (tertiary/aromatic N) is 1. The van der Waals surface area contributed by atoms with Crippen molar-refractivity contribution in [2.75, 3.05) is 11.1 Å². The molecule has 3 N–H and O–H groups in total. The van der Waals surface area contributed by atoms with Gasteiger partial charge in [0.15, 0.2) is 0 Å². The molecule has 1 aromatic carbocycles. The number of aryl methyl sites for hydroxylation is 1. The minimum absolute atomic E-state index is 0.586. The molecule has 102 valence electrons. The molecule has 1 aliphatic carbocycles. The van der Waals surface area contributed by atoms with Gasteiger partial charge in [0.1, 0.15) is 0 Å². The van der Waals surface area contributed by atoms with E-state index in [0.29, 0.717) is 6.04 Å². The van der Waals surface area contributed by atoms with Crippen LogP contribution >= 0.6 is 0 Å². The SMILES string of the molecule is CC.Cc1ccc2ncc(N)c(NC3CCC3)c2c1. The lowest BCUT2D eigenvalue weighted by Crippen LogP contribution is -2.27. The molecule has 2 aromatic rings. The van der Waals surface area contributed by atoms with Crippen molar-refractivity contribution < 1.29 is 0 Å². The topological polar surface area (TPSA) is 50.9 Å². The monoisotopic (exact) mass is 257 g/mol. The molecule has 3 rings (SSSR count). The highest BCUT2D eigenvalue weighted by atomic mass is 15.0. The fourth-order valence-electron chi connectivity index (χ4n) is 2.24. The maximum absolute atomic E-state index is 6.04. The van der Waals surface area contributed by atoms with Gasteiger partial charge in [0.2, 0.25) is 0 Å². The highest BCUT2D eigenvalue weighted by Gasteiger charge is 2.19. The summed E-state index contributed by atoms with van der Waals surface area (Å²) < 4.78 is 0. The fourth-order valence-corrected chi connectivity index (χ4v) is 2.24. The van der Waals surface area contributed by atoms with Gasteiger partial charge in [0.05, 0.1) is 23.1 Å². The molecular weight excluding hydrogens is 234 g/mol. The normalized spacial score (nSPS) is 14.5. The Morgan fingerprint density at radius 1 is 1.26 bits per heavy atom. The summed E-state index contributed by atoms with van der Waals surface area (Å²) in [6.45, 7) is 6.09. The van der Waals surface area contributed by atoms with E-state index in [0.717, 1.165) is 22.3 Å². The third-order valence-corrected chi connectivity index (χ3v) is 3.51. The van der Waals surface area contributed by atoms with Crippen LogP contribution < -0.4 is 11.1 Å². The summed E-state index contributed by atoms with van der Waals surface area (Å²) in [5.41, 5.74) is 10.1. The zero-order chi connectivity index (χ0) is 13.8. The zero-order valence-corrected chi connectivity index (χ0v) is 12.0. The van der Waals surface area contributed by atoms with Crippen molar-refractivity contribution in [1.82, 2.24) is 4.98 Å². The molecule has 3 nitrogen and oxygen atoms in total. The molecule has 0 aliphatic heterocycles. The second-order valence-electron chi connectivity index (χ2n) is 4.88. The third-order valence-electron chi connectivity index (χ3n) is 3.51. The van der Waals surface area contributed by atoms with Gasteiger partial charge in [-0.15, -0.1) is 0 Å². The number of nitrogens with two attached hydrogens (primary N) is 1. The Morgan fingerprint density at radius 2 is 2.00 bits per heavy atom. The Hall–Kier alpha value is -1.77. The average Bonchev–Trinajstić information content (AvgIpc) is 2.38. The predicted octanol–water partition coefficient (Wildman–Crippen LogP) is 4.12. The van der Waals surface area contributed by atoms with Crippen LogP contribution in [0.2, 0.25) is 0 Å². The number of hydrogen-bond donors (Lipinski definition) is 2. The number of nitrogens with one attached hydrogen (secondary N) is 1. The van der Waals surface area contributed by atoms with Crippen molar-refractivity contribution in [3.63, 3.8) is 0 Å². The van der Waals surface area contributed by atoms with Gasteiger partial charge in [-0.25, -0.2) is 0 Å². The first-order chi connectivity index (χ1) is 9.24. The molecule has 3 heteroatoms. The minimum atomic E-state index is 0.586. The van der Waals surface area contributed by atoms with Crippen molar-refractivity contribution >= 4 is 22.3 Å². The van der Waals surface area contributed by atoms with Gasteiger partial charge in [-0.2, -0.15) is 0 Å². The molecule has 0 unspecified atom stereocenters. The molecule has 0 radical (unpaired) electrons. The summed E-state index contributed by atoms with van der Waals surface area (Å²) in [7, 11) is 0. The minimum Gasteiger partial charge on any atom is -0.396 e. The average molecular weight is 257 g/mol. The standard InChI is InChI=1S/C14H17N3.C2H6/c1-9-5-6-13-11(7-9)14(12(15)8-16-13)17-10-3-2-4-10;1-2/h5-8,10H,2-4,15H2,1H3,(H,16,17);1-2H3. The molecule has 0 bridgehead atoms. The van der Waals surface area contributed by atoms with E-state index in [4.69, 9.17) is 5.73 Å². The van der Waals surface area contributed by atoms with Crippen molar-refractivity contribution in [2.45, 2.75) is 46.1 Å². The van der Waals surface area contributed by atoms with Crippen molar-refractivity contribution in [2.24, 2.45) is 0 Å². The summed E-state index contributed by atoms with van der Waals surface area (Å²) in [5.74, 6) is 0. The Balaban J connectivity index is 0.000000637. The van der Waals surface area contributed by atoms with E-state index in [2.05, 4.69) is 35.4 Å². The molecule has 0 saturated heterocycles. The van der Waals surface area contributed by atoms with E-state index in [-0.39, 0.29) is 0 Å². The second-order valence-corrected chi connectivity index (χ2v) is 4.88. The number of anilines is 2. The Morgan fingerprint density at radius 3 is 2.63 bits per heavy atom. The van der Waals surface area contributed by atoms with Gasteiger partial charge in [-0.1, -0.05) is 25.5 Å². The molecule has 0 atom stereocenters. The van der Waals surface area contributed by atoms with Crippen LogP contribution in [0.15, 0.2) is 24.4 Å². The largest absolute Gasteiger partial charge is 0.396 e. The van der Waals surface area contributed by atoms with E-state index in [1.807, 2.05) is 13.8 Å². The van der Waals surface area contributed by atoms with E-state index in [1.165, 1.54) is 24.8 Å². The van der Waals surface area contributed by atoms with Crippen molar-refractivity contribution in [3.05, 3.63) is 30.0 Å². The summed E-state index contributed by atoms with van der Waals surface area (Å²) in [6.07, 6.45) is 5.56. The van der Waals surface area contributed by atoms with Crippen LogP contribution in [0.25, 0.3) is 10.9 Å². The Labute approximate surface area is 115 Å². The number of pyridine rings is 1. The number of aromatic nitrogens is 1. The quantitative estimate of drug-likeness (QED) is 0.851. The van der Waals surface area contributed by atoms with E-state index >= 15 is 0 Å². The van der Waals surface area contributed by atoms with Crippen molar-refractivity contribution in [1.29, 1.82) is 0 Å². The first-order valence-electron chi connectivity index (χ1n) is 7.15. The molecule has 0 spiro atoms. The predicted molar refractivity (Wildman–Crippen MR) is 83.5 cm³/mol. The molecular formula is C16H23N3. The van der Waals surface area contributed by atoms with Gasteiger partial charge in [0, 0.05) is 11.4 Å². The summed E-state index contributed by atoms with van der Waals surface area (Å²) >= 11 is 0. The molecule has 1 saturated carbocycles. The number of fused-ring (bicyclic) bond motifs is 1. The van der Waals surface area contributed by atoms with E-state index in [1.54, 1.807) is 6.20 Å². The van der Waals surface area contributed by atoms with Gasteiger partial charge >= 0.3 is 0 Å². The molecule has 1 fully saturated rings. The fraction of sp³-hybridized carbons (Fsp3) is 0.438. The lowest BCUT2D eigenvalue weighted by molar-refractivity contribution is 0.446. The third kappa shape index (κ3) is 2.80. The smallest absolute Gasteiger partial charge is 0.0743 e. The Kier molecular flexibility index (Phi) is 4.25. The van der Waals surface area contributed by atoms with Crippen LogP contribution in [0.4, 0.5) is 11.4 Å². The lowest BCUT2D eigenvalue weighted by atomic mass is 9.92. The second kappa shape index (κ2) is 5.91. The molecule has 19 heavy (non-hydrogen) atoms. The van der Waals surface area contributed by atoms with Gasteiger partial charge < -0.3 is 11.1 Å². The molecule has 1 aromatic heterocycles. The highest BCUT2D eigenvalue weighted by molar-refractivity contribution is 5.97. The zero-order valence-electron chi connectivity index (χ0n) is 12.0. The Bertz CT molecular complexity index is 554. The first kappa shape index (κ1) is 13.7. The van der Waals surface area contributed by atoms with Crippen LogP contribution in [0.1, 0.15) is 38.7 Å². The van der Waals surface area contributed by atoms with Gasteiger partial charge in [-0.3, -0.25) is 4.98 Å². The molecule has 1 heterocycles. The maximum atomic E-state index is 6.04. The first-order valence-corrected chi connectivity index (χ1v) is 7.15. The number of hydrogen-bond acceptors (Lipinski definition) is 3. The molecule has 1 aliphatic rings. The van der Waals surface area contributed by atoms with Gasteiger partial charge in [0.25, 0.3) is 0 Å². The van der Waals surface area contributed by atoms with Crippen LogP contribution in [0.3, 0.4) is 0 Å². The maximum Gasteiger partial charge on any atom is 0.0743 e. The van der Waals surface area contributed by atoms with Crippen LogP contribution in [-0.2, 0) is 0 Å². The lowest BCUT2D eigenvalue weighted by Gasteiger charge is -2.28. The highest BCUT2D eigenvalue weighted by Crippen LogP contribution is 2.32. The van der Waals surface area contributed by atoms with Crippen LogP contribution in [0.5, 0.6) is 0 Å². The number of benzene rings is 1.